The van der Waals surface area contributed by atoms with Crippen molar-refractivity contribution in [2.75, 3.05) is 0 Å². The van der Waals surface area contributed by atoms with E-state index in [1.54, 1.807) is 6.92 Å². The van der Waals surface area contributed by atoms with Crippen LogP contribution in [0.15, 0.2) is 0 Å². The van der Waals surface area contributed by atoms with Crippen molar-refractivity contribution in [3.63, 3.8) is 0 Å². The van der Waals surface area contributed by atoms with Crippen LogP contribution in [0.1, 0.15) is 51.9 Å². The fraction of sp³-hybridized carbons (Fsp3) is 0.818. The van der Waals surface area contributed by atoms with Crippen LogP contribution in [0.2, 0.25) is 0 Å². The number of hydrogen-bond donors (Lipinski definition) is 1. The first-order valence-electron chi connectivity index (χ1n) is 4.93. The summed E-state index contributed by atoms with van der Waals surface area (Å²) in [5, 5.41) is 10.0. The van der Waals surface area contributed by atoms with Crippen molar-refractivity contribution in [1.82, 2.24) is 0 Å². The molecule has 0 saturated heterocycles. The number of aliphatic hydroxyl groups is 1. The van der Waals surface area contributed by atoms with Crippen LogP contribution in [0.3, 0.4) is 0 Å². The Hall–Kier alpha value is -0.480. The highest BCUT2D eigenvalue weighted by Crippen LogP contribution is 2.25. The Morgan fingerprint density at radius 1 is 1.00 bits per heavy atom. The summed E-state index contributed by atoms with van der Waals surface area (Å²) in [5.74, 6) is 5.76. The van der Waals surface area contributed by atoms with Crippen molar-refractivity contribution in [2.45, 2.75) is 57.5 Å². The van der Waals surface area contributed by atoms with E-state index in [2.05, 4.69) is 11.8 Å². The van der Waals surface area contributed by atoms with Crippen molar-refractivity contribution in [3.8, 4) is 11.8 Å². The van der Waals surface area contributed by atoms with E-state index in [4.69, 9.17) is 0 Å². The molecule has 12 heavy (non-hydrogen) atoms. The summed E-state index contributed by atoms with van der Waals surface area (Å²) < 4.78 is 0. The minimum atomic E-state index is -0.658. The van der Waals surface area contributed by atoms with Gasteiger partial charge in [-0.1, -0.05) is 25.2 Å². The van der Waals surface area contributed by atoms with Crippen LogP contribution < -0.4 is 0 Å². The summed E-state index contributed by atoms with van der Waals surface area (Å²) in [6, 6.07) is 0. The monoisotopic (exact) mass is 166 g/mol. The van der Waals surface area contributed by atoms with Crippen LogP contribution in [0, 0.1) is 11.8 Å². The van der Waals surface area contributed by atoms with Gasteiger partial charge >= 0.3 is 0 Å². The molecule has 0 bridgehead atoms. The van der Waals surface area contributed by atoms with Gasteiger partial charge in [0.05, 0.1) is 0 Å². The fourth-order valence-corrected chi connectivity index (χ4v) is 1.85. The van der Waals surface area contributed by atoms with Gasteiger partial charge in [-0.15, -0.1) is 5.92 Å². The topological polar surface area (TPSA) is 20.2 Å². The molecule has 0 atom stereocenters. The Balaban J connectivity index is 2.51. The summed E-state index contributed by atoms with van der Waals surface area (Å²) in [6.45, 7) is 1.80. The lowest BCUT2D eigenvalue weighted by molar-refractivity contribution is 0.0718. The maximum absolute atomic E-state index is 10.0. The maximum atomic E-state index is 10.0. The average molecular weight is 166 g/mol. The molecule has 0 amide bonds. The second-order valence-electron chi connectivity index (χ2n) is 3.67. The van der Waals surface area contributed by atoms with Crippen LogP contribution in [0.5, 0.6) is 0 Å². The quantitative estimate of drug-likeness (QED) is 0.548. The van der Waals surface area contributed by atoms with Gasteiger partial charge in [-0.2, -0.15) is 0 Å². The van der Waals surface area contributed by atoms with Gasteiger partial charge in [0.2, 0.25) is 0 Å². The molecule has 0 radical (unpaired) electrons. The van der Waals surface area contributed by atoms with E-state index in [9.17, 15) is 5.11 Å². The van der Waals surface area contributed by atoms with E-state index >= 15 is 0 Å². The van der Waals surface area contributed by atoms with Gasteiger partial charge in [-0.05, 0) is 32.6 Å². The zero-order valence-electron chi connectivity index (χ0n) is 7.90. The molecule has 0 aromatic heterocycles. The first kappa shape index (κ1) is 9.61. The van der Waals surface area contributed by atoms with Crippen LogP contribution >= 0.6 is 0 Å². The minimum absolute atomic E-state index is 0.658. The molecule has 0 unspecified atom stereocenters. The summed E-state index contributed by atoms with van der Waals surface area (Å²) in [4.78, 5) is 0. The van der Waals surface area contributed by atoms with E-state index < -0.39 is 5.60 Å². The SMILES string of the molecule is CC#CC1(O)CCCCCCC1. The van der Waals surface area contributed by atoms with Gasteiger partial charge in [0.25, 0.3) is 0 Å². The standard InChI is InChI=1S/C11H18O/c1-2-8-11(12)9-6-4-3-5-7-10-11/h12H,3-7,9-10H2,1H3. The molecule has 0 aliphatic heterocycles. The largest absolute Gasteiger partial charge is 0.378 e. The molecule has 1 fully saturated rings. The Morgan fingerprint density at radius 2 is 1.50 bits per heavy atom. The van der Waals surface area contributed by atoms with Gasteiger partial charge in [0.1, 0.15) is 5.60 Å². The van der Waals surface area contributed by atoms with Crippen molar-refractivity contribution in [3.05, 3.63) is 0 Å². The van der Waals surface area contributed by atoms with Crippen LogP contribution in [0.4, 0.5) is 0 Å². The fourth-order valence-electron chi connectivity index (χ4n) is 1.85. The summed E-state index contributed by atoms with van der Waals surface area (Å²) in [5.41, 5.74) is -0.658. The summed E-state index contributed by atoms with van der Waals surface area (Å²) in [7, 11) is 0. The van der Waals surface area contributed by atoms with Gasteiger partial charge in [-0.3, -0.25) is 0 Å². The Kier molecular flexibility index (Phi) is 3.62. The lowest BCUT2D eigenvalue weighted by atomic mass is 9.87. The summed E-state index contributed by atoms with van der Waals surface area (Å²) >= 11 is 0. The smallest absolute Gasteiger partial charge is 0.125 e. The minimum Gasteiger partial charge on any atom is -0.378 e. The summed E-state index contributed by atoms with van der Waals surface area (Å²) in [6.07, 6.45) is 7.84. The van der Waals surface area contributed by atoms with E-state index in [-0.39, 0.29) is 0 Å². The molecule has 1 aliphatic carbocycles. The molecule has 1 nitrogen and oxygen atoms in total. The molecular formula is C11H18O. The van der Waals surface area contributed by atoms with Crippen molar-refractivity contribution in [2.24, 2.45) is 0 Å². The highest BCUT2D eigenvalue weighted by molar-refractivity contribution is 5.12. The molecule has 1 heteroatoms. The third-order valence-electron chi connectivity index (χ3n) is 2.54. The second-order valence-corrected chi connectivity index (χ2v) is 3.67. The van der Waals surface area contributed by atoms with Crippen LogP contribution in [-0.2, 0) is 0 Å². The highest BCUT2D eigenvalue weighted by atomic mass is 16.3. The van der Waals surface area contributed by atoms with Gasteiger partial charge in [0.15, 0.2) is 0 Å². The number of hydrogen-bond acceptors (Lipinski definition) is 1. The zero-order valence-corrected chi connectivity index (χ0v) is 7.90. The third kappa shape index (κ3) is 2.87. The predicted molar refractivity (Wildman–Crippen MR) is 50.7 cm³/mol. The zero-order chi connectivity index (χ0) is 8.86. The molecule has 0 spiro atoms. The van der Waals surface area contributed by atoms with E-state index in [0.29, 0.717) is 0 Å². The van der Waals surface area contributed by atoms with Gasteiger partial charge < -0.3 is 5.11 Å². The highest BCUT2D eigenvalue weighted by Gasteiger charge is 2.23. The predicted octanol–water partition coefficient (Wildman–Crippen LogP) is 2.49. The molecule has 0 heterocycles. The van der Waals surface area contributed by atoms with Gasteiger partial charge in [0, 0.05) is 0 Å². The Morgan fingerprint density at radius 3 is 2.00 bits per heavy atom. The maximum Gasteiger partial charge on any atom is 0.125 e. The molecule has 1 N–H and O–H groups in total. The molecule has 0 aromatic carbocycles. The molecule has 68 valence electrons. The van der Waals surface area contributed by atoms with E-state index in [0.717, 1.165) is 25.7 Å². The Bertz CT molecular complexity index is 177. The van der Waals surface area contributed by atoms with Gasteiger partial charge in [-0.25, -0.2) is 0 Å². The lowest BCUT2D eigenvalue weighted by Gasteiger charge is -2.24. The van der Waals surface area contributed by atoms with Crippen molar-refractivity contribution < 1.29 is 5.11 Å². The first-order chi connectivity index (χ1) is 5.77. The molecule has 1 saturated carbocycles. The molecule has 1 aliphatic rings. The van der Waals surface area contributed by atoms with E-state index in [1.807, 2.05) is 0 Å². The van der Waals surface area contributed by atoms with E-state index in [1.165, 1.54) is 19.3 Å². The first-order valence-corrected chi connectivity index (χ1v) is 4.93. The van der Waals surface area contributed by atoms with Crippen LogP contribution in [-0.4, -0.2) is 10.7 Å². The molecule has 1 rings (SSSR count). The van der Waals surface area contributed by atoms with Crippen molar-refractivity contribution >= 4 is 0 Å². The molecular weight excluding hydrogens is 148 g/mol. The third-order valence-corrected chi connectivity index (χ3v) is 2.54. The average Bonchev–Trinajstić information content (AvgIpc) is 1.99. The second kappa shape index (κ2) is 4.52. The lowest BCUT2D eigenvalue weighted by Crippen LogP contribution is -2.27. The van der Waals surface area contributed by atoms with Crippen LogP contribution in [0.25, 0.3) is 0 Å². The Labute approximate surface area is 75.2 Å². The number of rotatable bonds is 0. The molecule has 0 aromatic rings. The normalized spacial score (nSPS) is 23.2. The van der Waals surface area contributed by atoms with Crippen molar-refractivity contribution in [1.29, 1.82) is 0 Å².